The molecule has 0 unspecified atom stereocenters. The van der Waals surface area contributed by atoms with Crippen LogP contribution in [0.25, 0.3) is 11.0 Å². The molecule has 0 saturated heterocycles. The van der Waals surface area contributed by atoms with Crippen molar-refractivity contribution in [3.63, 3.8) is 0 Å². The zero-order valence-electron chi connectivity index (χ0n) is 7.49. The van der Waals surface area contributed by atoms with Gasteiger partial charge in [0.15, 0.2) is 5.65 Å². The Balaban J connectivity index is 2.40. The molecule has 70 valence electrons. The molecule has 0 bridgehead atoms. The number of aromatic amines is 1. The molecule has 0 saturated carbocycles. The fourth-order valence-electron chi connectivity index (χ4n) is 1.15. The van der Waals surface area contributed by atoms with Crippen molar-refractivity contribution in [2.24, 2.45) is 0 Å². The summed E-state index contributed by atoms with van der Waals surface area (Å²) in [4.78, 5) is 4.10. The topological polar surface area (TPSA) is 41.6 Å². The van der Waals surface area contributed by atoms with E-state index in [9.17, 15) is 0 Å². The highest BCUT2D eigenvalue weighted by Crippen LogP contribution is 2.10. The number of nitrogens with zero attached hydrogens (tertiary/aromatic N) is 2. The van der Waals surface area contributed by atoms with Crippen LogP contribution in [0, 0.1) is 11.8 Å². The summed E-state index contributed by atoms with van der Waals surface area (Å²) in [6.45, 7) is 0. The number of hydrogen-bond donors (Lipinski definition) is 2. The van der Waals surface area contributed by atoms with E-state index in [2.05, 4.69) is 39.7 Å². The van der Waals surface area contributed by atoms with Gasteiger partial charge in [0.05, 0.1) is 5.39 Å². The molecular weight excluding hydrogens is 194 g/mol. The van der Waals surface area contributed by atoms with Gasteiger partial charge in [0.25, 0.3) is 0 Å². The van der Waals surface area contributed by atoms with E-state index in [1.165, 1.54) is 0 Å². The lowest BCUT2D eigenvalue weighted by molar-refractivity contribution is 1.08. The standard InChI is InChI=1S/C10H9N3S/c14-7-2-1-5-9-8-4-3-6-11-10(8)13-12-9/h3-4,6,14H,2,7H2,(H,11,12,13). The molecule has 0 aliphatic carbocycles. The quantitative estimate of drug-likeness (QED) is 0.546. The summed E-state index contributed by atoms with van der Waals surface area (Å²) in [5.74, 6) is 6.79. The van der Waals surface area contributed by atoms with Gasteiger partial charge >= 0.3 is 0 Å². The summed E-state index contributed by atoms with van der Waals surface area (Å²) >= 11 is 4.08. The van der Waals surface area contributed by atoms with Gasteiger partial charge in [-0.05, 0) is 18.1 Å². The summed E-state index contributed by atoms with van der Waals surface area (Å²) in [6.07, 6.45) is 2.50. The van der Waals surface area contributed by atoms with Gasteiger partial charge in [0.1, 0.15) is 5.69 Å². The van der Waals surface area contributed by atoms with Crippen molar-refractivity contribution in [1.82, 2.24) is 15.2 Å². The minimum absolute atomic E-state index is 0.711. The second-order valence-corrected chi connectivity index (χ2v) is 3.20. The van der Waals surface area contributed by atoms with Gasteiger partial charge in [-0.3, -0.25) is 5.10 Å². The smallest absolute Gasteiger partial charge is 0.182 e. The molecule has 2 rings (SSSR count). The summed E-state index contributed by atoms with van der Waals surface area (Å²) in [5.41, 5.74) is 1.54. The SMILES string of the molecule is SCCC#Cc1[nH]nc2ncccc12. The van der Waals surface area contributed by atoms with Gasteiger partial charge in [-0.1, -0.05) is 5.92 Å². The number of hydrogen-bond acceptors (Lipinski definition) is 3. The number of fused-ring (bicyclic) bond motifs is 1. The molecule has 2 aromatic heterocycles. The predicted octanol–water partition coefficient (Wildman–Crippen LogP) is 1.63. The Kier molecular flexibility index (Phi) is 2.70. The van der Waals surface area contributed by atoms with Crippen molar-refractivity contribution in [1.29, 1.82) is 0 Å². The van der Waals surface area contributed by atoms with E-state index in [0.717, 1.165) is 23.3 Å². The number of H-pyrrole nitrogens is 1. The van der Waals surface area contributed by atoms with Crippen molar-refractivity contribution in [2.45, 2.75) is 6.42 Å². The second kappa shape index (κ2) is 4.16. The summed E-state index contributed by atoms with van der Waals surface area (Å²) in [5, 5.41) is 7.87. The van der Waals surface area contributed by atoms with Gasteiger partial charge in [-0.2, -0.15) is 17.7 Å². The van der Waals surface area contributed by atoms with Crippen LogP contribution in [0.5, 0.6) is 0 Å². The van der Waals surface area contributed by atoms with Gasteiger partial charge < -0.3 is 0 Å². The van der Waals surface area contributed by atoms with Crippen LogP contribution in [0.4, 0.5) is 0 Å². The molecule has 0 spiro atoms. The van der Waals surface area contributed by atoms with Gasteiger partial charge in [0.2, 0.25) is 0 Å². The van der Waals surface area contributed by atoms with Crippen LogP contribution in [0.1, 0.15) is 12.1 Å². The first-order valence-electron chi connectivity index (χ1n) is 4.30. The van der Waals surface area contributed by atoms with Crippen LogP contribution in [0.15, 0.2) is 18.3 Å². The fourth-order valence-corrected chi connectivity index (χ4v) is 1.26. The largest absolute Gasteiger partial charge is 0.267 e. The van der Waals surface area contributed by atoms with Crippen LogP contribution in [-0.4, -0.2) is 20.9 Å². The van der Waals surface area contributed by atoms with Crippen LogP contribution in [-0.2, 0) is 0 Å². The third-order valence-electron chi connectivity index (χ3n) is 1.78. The zero-order chi connectivity index (χ0) is 9.80. The zero-order valence-corrected chi connectivity index (χ0v) is 8.38. The first-order valence-corrected chi connectivity index (χ1v) is 4.94. The Morgan fingerprint density at radius 3 is 3.29 bits per heavy atom. The number of pyridine rings is 1. The lowest BCUT2D eigenvalue weighted by Gasteiger charge is -1.85. The van der Waals surface area contributed by atoms with Crippen LogP contribution < -0.4 is 0 Å². The molecule has 14 heavy (non-hydrogen) atoms. The van der Waals surface area contributed by atoms with Crippen molar-refractivity contribution in [2.75, 3.05) is 5.75 Å². The molecule has 2 heterocycles. The molecule has 0 radical (unpaired) electrons. The van der Waals surface area contributed by atoms with Crippen molar-refractivity contribution in [3.8, 4) is 11.8 Å². The average molecular weight is 203 g/mol. The maximum absolute atomic E-state index is 4.10. The minimum atomic E-state index is 0.711. The van der Waals surface area contributed by atoms with E-state index >= 15 is 0 Å². The molecule has 0 aliphatic rings. The van der Waals surface area contributed by atoms with Gasteiger partial charge in [-0.15, -0.1) is 0 Å². The summed E-state index contributed by atoms with van der Waals surface area (Å²) < 4.78 is 0. The molecule has 0 fully saturated rings. The Morgan fingerprint density at radius 1 is 1.50 bits per heavy atom. The first kappa shape index (κ1) is 9.10. The highest BCUT2D eigenvalue weighted by molar-refractivity contribution is 7.80. The van der Waals surface area contributed by atoms with E-state index in [4.69, 9.17) is 0 Å². The Labute approximate surface area is 87.3 Å². The monoisotopic (exact) mass is 203 g/mol. The third kappa shape index (κ3) is 1.73. The van der Waals surface area contributed by atoms with E-state index in [1.807, 2.05) is 12.1 Å². The van der Waals surface area contributed by atoms with E-state index in [1.54, 1.807) is 6.20 Å². The molecular formula is C10H9N3S. The molecule has 4 heteroatoms. The normalized spacial score (nSPS) is 9.79. The fraction of sp³-hybridized carbons (Fsp3) is 0.200. The maximum atomic E-state index is 4.10. The molecule has 0 aromatic carbocycles. The molecule has 1 N–H and O–H groups in total. The first-order chi connectivity index (χ1) is 6.92. The Bertz CT molecular complexity index is 493. The van der Waals surface area contributed by atoms with Crippen molar-refractivity contribution in [3.05, 3.63) is 24.0 Å². The number of aromatic nitrogens is 3. The van der Waals surface area contributed by atoms with E-state index in [-0.39, 0.29) is 0 Å². The lowest BCUT2D eigenvalue weighted by Crippen LogP contribution is -1.75. The molecule has 2 aromatic rings. The highest BCUT2D eigenvalue weighted by Gasteiger charge is 2.01. The third-order valence-corrected chi connectivity index (χ3v) is 2.00. The summed E-state index contributed by atoms with van der Waals surface area (Å²) in [6, 6.07) is 3.83. The van der Waals surface area contributed by atoms with Gasteiger partial charge in [-0.25, -0.2) is 4.98 Å². The predicted molar refractivity (Wildman–Crippen MR) is 59.2 cm³/mol. The van der Waals surface area contributed by atoms with Crippen LogP contribution >= 0.6 is 12.6 Å². The second-order valence-electron chi connectivity index (χ2n) is 2.75. The number of rotatable bonds is 1. The maximum Gasteiger partial charge on any atom is 0.182 e. The van der Waals surface area contributed by atoms with E-state index < -0.39 is 0 Å². The molecule has 3 nitrogen and oxygen atoms in total. The van der Waals surface area contributed by atoms with Crippen molar-refractivity contribution < 1.29 is 0 Å². The Hall–Kier alpha value is -1.47. The Morgan fingerprint density at radius 2 is 2.43 bits per heavy atom. The van der Waals surface area contributed by atoms with E-state index in [0.29, 0.717) is 5.65 Å². The summed E-state index contributed by atoms with van der Waals surface area (Å²) in [7, 11) is 0. The van der Waals surface area contributed by atoms with Crippen LogP contribution in [0.3, 0.4) is 0 Å². The highest BCUT2D eigenvalue weighted by atomic mass is 32.1. The van der Waals surface area contributed by atoms with Crippen LogP contribution in [0.2, 0.25) is 0 Å². The minimum Gasteiger partial charge on any atom is -0.267 e. The molecule has 0 aliphatic heterocycles. The molecule has 0 atom stereocenters. The number of nitrogens with one attached hydrogen (secondary N) is 1. The average Bonchev–Trinajstić information content (AvgIpc) is 2.63. The lowest BCUT2D eigenvalue weighted by atomic mass is 10.2. The van der Waals surface area contributed by atoms with Gasteiger partial charge in [0, 0.05) is 18.4 Å². The molecule has 0 amide bonds. The van der Waals surface area contributed by atoms with Crippen molar-refractivity contribution >= 4 is 23.7 Å². The number of thiol groups is 1.